The highest BCUT2D eigenvalue weighted by molar-refractivity contribution is 7.73. The fraction of sp³-hybridized carbons (Fsp3) is 1.00. The molecule has 0 bridgehead atoms. The van der Waals surface area contributed by atoms with E-state index in [2.05, 4.69) is 4.52 Å². The second-order valence-electron chi connectivity index (χ2n) is 1.48. The predicted molar refractivity (Wildman–Crippen MR) is 32.9 cm³/mol. The van der Waals surface area contributed by atoms with E-state index in [1.165, 1.54) is 0 Å². The van der Waals surface area contributed by atoms with Crippen molar-refractivity contribution in [3.8, 4) is 0 Å². The third-order valence-corrected chi connectivity index (χ3v) is 2.04. The van der Waals surface area contributed by atoms with Gasteiger partial charge in [0.05, 0.1) is 0 Å². The Morgan fingerprint density at radius 2 is 1.90 bits per heavy atom. The first-order chi connectivity index (χ1) is 4.33. The van der Waals surface area contributed by atoms with Crippen molar-refractivity contribution in [3.63, 3.8) is 0 Å². The van der Waals surface area contributed by atoms with Crippen LogP contribution in [-0.4, -0.2) is 23.6 Å². The lowest BCUT2D eigenvalue weighted by Gasteiger charge is -2.05. The molecule has 0 heterocycles. The number of phosphoric acid groups is 1. The molecule has 0 aromatic rings. The third-order valence-electron chi connectivity index (χ3n) is 0.587. The van der Waals surface area contributed by atoms with Crippen molar-refractivity contribution in [1.82, 2.24) is 0 Å². The van der Waals surface area contributed by atoms with Gasteiger partial charge in [-0.3, -0.25) is 4.52 Å². The van der Waals surface area contributed by atoms with Gasteiger partial charge in [0, 0.05) is 0 Å². The number of thiol groups is 1. The van der Waals surface area contributed by atoms with Gasteiger partial charge in [-0.15, -0.1) is 0 Å². The minimum Gasteiger partial charge on any atom is -0.303 e. The summed E-state index contributed by atoms with van der Waals surface area (Å²) >= 11 is 0. The van der Waals surface area contributed by atoms with Crippen LogP contribution in [0.3, 0.4) is 0 Å². The van der Waals surface area contributed by atoms with Crippen LogP contribution in [0.5, 0.6) is 0 Å². The van der Waals surface area contributed by atoms with Crippen LogP contribution in [0.25, 0.3) is 0 Å². The highest BCUT2D eigenvalue weighted by atomic mass is 32.2. The quantitative estimate of drug-likeness (QED) is 0.392. The molecule has 0 aliphatic heterocycles. The summed E-state index contributed by atoms with van der Waals surface area (Å²) in [4.78, 5) is 16.1. The van der Waals surface area contributed by atoms with Gasteiger partial charge in [-0.05, 0) is 6.92 Å². The Balaban J connectivity index is 4.05. The van der Waals surface area contributed by atoms with Crippen LogP contribution < -0.4 is 0 Å². The van der Waals surface area contributed by atoms with Gasteiger partial charge in [-0.25, -0.2) is 13.0 Å². The molecule has 0 rings (SSSR count). The molecule has 10 heavy (non-hydrogen) atoms. The average molecular weight is 190 g/mol. The van der Waals surface area contributed by atoms with E-state index in [0.717, 1.165) is 6.92 Å². The molecule has 0 aliphatic carbocycles. The SMILES string of the molecule is CC(OP(=O)(O)O)[SH](=O)=O. The Hall–Kier alpha value is 0.0600. The van der Waals surface area contributed by atoms with E-state index in [0.29, 0.717) is 0 Å². The summed E-state index contributed by atoms with van der Waals surface area (Å²) in [6.45, 7) is 1.03. The molecule has 1 atom stereocenters. The van der Waals surface area contributed by atoms with Crippen molar-refractivity contribution in [2.75, 3.05) is 0 Å². The zero-order valence-electron chi connectivity index (χ0n) is 5.00. The molecular formula is C2H7O6PS. The fourth-order valence-corrected chi connectivity index (χ4v) is 1.31. The van der Waals surface area contributed by atoms with Gasteiger partial charge < -0.3 is 9.79 Å². The second-order valence-corrected chi connectivity index (χ2v) is 3.97. The highest BCUT2D eigenvalue weighted by Crippen LogP contribution is 2.37. The Morgan fingerprint density at radius 1 is 1.50 bits per heavy atom. The molecule has 0 aliphatic rings. The van der Waals surface area contributed by atoms with E-state index >= 15 is 0 Å². The maximum Gasteiger partial charge on any atom is 0.470 e. The second kappa shape index (κ2) is 3.45. The monoisotopic (exact) mass is 190 g/mol. The molecular weight excluding hydrogens is 183 g/mol. The number of hydrogen-bond donors (Lipinski definition) is 3. The lowest BCUT2D eigenvalue weighted by Crippen LogP contribution is -2.07. The number of hydrogen-bond acceptors (Lipinski definition) is 4. The number of rotatable bonds is 3. The van der Waals surface area contributed by atoms with Gasteiger partial charge in [0.1, 0.15) is 0 Å². The average Bonchev–Trinajstić information content (AvgIpc) is 1.60. The topological polar surface area (TPSA) is 101 Å². The van der Waals surface area contributed by atoms with Gasteiger partial charge >= 0.3 is 7.82 Å². The standard InChI is InChI=1S/C2H7O6PS/c1-2(10(6)7)8-9(3,4)5/h2,10H,1H3,(H2,3,4,5). The molecule has 0 saturated heterocycles. The molecule has 0 fully saturated rings. The van der Waals surface area contributed by atoms with Crippen molar-refractivity contribution in [1.29, 1.82) is 0 Å². The molecule has 0 aromatic carbocycles. The van der Waals surface area contributed by atoms with Crippen LogP contribution in [0.2, 0.25) is 0 Å². The molecule has 1 unspecified atom stereocenters. The summed E-state index contributed by atoms with van der Waals surface area (Å²) in [6.07, 6.45) is 0. The largest absolute Gasteiger partial charge is 0.470 e. The summed E-state index contributed by atoms with van der Waals surface area (Å²) in [5.41, 5.74) is -1.45. The Morgan fingerprint density at radius 3 is 2.00 bits per heavy atom. The summed E-state index contributed by atoms with van der Waals surface area (Å²) < 4.78 is 33.6. The van der Waals surface area contributed by atoms with Crippen LogP contribution in [0, 0.1) is 0 Å². The van der Waals surface area contributed by atoms with E-state index in [-0.39, 0.29) is 0 Å². The van der Waals surface area contributed by atoms with Crippen LogP contribution >= 0.6 is 7.82 Å². The van der Waals surface area contributed by atoms with Gasteiger partial charge in [0.15, 0.2) is 16.1 Å². The number of phosphoric ester groups is 1. The first-order valence-corrected chi connectivity index (χ1v) is 4.98. The molecule has 2 N–H and O–H groups in total. The Bertz CT molecular complexity index is 206. The summed E-state index contributed by atoms with van der Waals surface area (Å²) in [5, 5.41) is 0. The van der Waals surface area contributed by atoms with Crippen LogP contribution in [-0.2, 0) is 19.8 Å². The van der Waals surface area contributed by atoms with Crippen molar-refractivity contribution < 1.29 is 27.3 Å². The van der Waals surface area contributed by atoms with Gasteiger partial charge in [-0.2, -0.15) is 0 Å². The molecule has 0 radical (unpaired) electrons. The summed E-state index contributed by atoms with van der Waals surface area (Å²) in [6, 6.07) is 0. The molecule has 0 saturated carbocycles. The summed E-state index contributed by atoms with van der Waals surface area (Å²) in [5.74, 6) is 0. The third kappa shape index (κ3) is 4.89. The van der Waals surface area contributed by atoms with Crippen LogP contribution in [0.1, 0.15) is 6.92 Å². The van der Waals surface area contributed by atoms with Crippen LogP contribution in [0.4, 0.5) is 0 Å². The van der Waals surface area contributed by atoms with Gasteiger partial charge in [0.2, 0.25) is 0 Å². The summed E-state index contributed by atoms with van der Waals surface area (Å²) in [7, 11) is -7.60. The fourth-order valence-electron chi connectivity index (χ4n) is 0.237. The lowest BCUT2D eigenvalue weighted by atomic mass is 10.9. The predicted octanol–water partition coefficient (Wildman–Crippen LogP) is -0.947. The zero-order valence-corrected chi connectivity index (χ0v) is 6.79. The minimum atomic E-state index is -4.66. The molecule has 62 valence electrons. The Kier molecular flexibility index (Phi) is 3.47. The van der Waals surface area contributed by atoms with E-state index in [4.69, 9.17) is 9.79 Å². The first-order valence-electron chi connectivity index (χ1n) is 2.20. The van der Waals surface area contributed by atoms with Gasteiger partial charge in [0.25, 0.3) is 0 Å². The Labute approximate surface area is 59.0 Å². The van der Waals surface area contributed by atoms with E-state index in [9.17, 15) is 13.0 Å². The normalized spacial score (nSPS) is 15.6. The molecule has 6 nitrogen and oxygen atoms in total. The molecule has 0 amide bonds. The smallest absolute Gasteiger partial charge is 0.303 e. The van der Waals surface area contributed by atoms with Crippen molar-refractivity contribution >= 4 is 18.5 Å². The maximum atomic E-state index is 9.95. The maximum absolute atomic E-state index is 9.95. The van der Waals surface area contributed by atoms with Crippen molar-refractivity contribution in [2.24, 2.45) is 0 Å². The lowest BCUT2D eigenvalue weighted by molar-refractivity contribution is 0.186. The van der Waals surface area contributed by atoms with Crippen LogP contribution in [0.15, 0.2) is 0 Å². The van der Waals surface area contributed by atoms with Gasteiger partial charge in [-0.1, -0.05) is 0 Å². The van der Waals surface area contributed by atoms with E-state index in [1.807, 2.05) is 0 Å². The van der Waals surface area contributed by atoms with E-state index < -0.39 is 24.0 Å². The molecule has 0 aromatic heterocycles. The van der Waals surface area contributed by atoms with Crippen molar-refractivity contribution in [3.05, 3.63) is 0 Å². The highest BCUT2D eigenvalue weighted by Gasteiger charge is 2.19. The van der Waals surface area contributed by atoms with Crippen molar-refractivity contribution in [2.45, 2.75) is 12.4 Å². The van der Waals surface area contributed by atoms with E-state index in [1.54, 1.807) is 0 Å². The molecule has 8 heteroatoms. The zero-order chi connectivity index (χ0) is 8.36. The first kappa shape index (κ1) is 10.1. The minimum absolute atomic E-state index is 1.03. The molecule has 0 spiro atoms.